The van der Waals surface area contributed by atoms with Crippen LogP contribution < -0.4 is 0 Å². The minimum absolute atomic E-state index is 0.237. The van der Waals surface area contributed by atoms with E-state index in [4.69, 9.17) is 0 Å². The van der Waals surface area contributed by atoms with E-state index in [1.807, 2.05) is 0 Å². The van der Waals surface area contributed by atoms with Gasteiger partial charge in [-0.15, -0.1) is 0 Å². The van der Waals surface area contributed by atoms with Gasteiger partial charge in [-0.3, -0.25) is 4.79 Å². The van der Waals surface area contributed by atoms with Gasteiger partial charge in [-0.25, -0.2) is 0 Å². The van der Waals surface area contributed by atoms with Gasteiger partial charge in [0.2, 0.25) is 0 Å². The zero-order chi connectivity index (χ0) is 14.7. The summed E-state index contributed by atoms with van der Waals surface area (Å²) < 4.78 is 0. The molecule has 3 nitrogen and oxygen atoms in total. The van der Waals surface area contributed by atoms with Crippen molar-refractivity contribution in [2.24, 2.45) is 0 Å². The highest BCUT2D eigenvalue weighted by Gasteiger charge is 2.39. The first-order valence-corrected chi connectivity index (χ1v) is 8.44. The number of fused-ring (bicyclic) bond motifs is 6. The number of carbonyl (C=O) groups is 1. The monoisotopic (exact) mass is 292 g/mol. The summed E-state index contributed by atoms with van der Waals surface area (Å²) in [5.41, 5.74) is 6.44. The number of aromatic amines is 1. The number of nitrogens with zero attached hydrogens (tertiary/aromatic N) is 1. The summed E-state index contributed by atoms with van der Waals surface area (Å²) in [4.78, 5) is 18.8. The van der Waals surface area contributed by atoms with Gasteiger partial charge in [-0.2, -0.15) is 0 Å². The minimum atomic E-state index is 0.237. The fourth-order valence-electron chi connectivity index (χ4n) is 4.66. The quantitative estimate of drug-likeness (QED) is 0.800. The normalized spacial score (nSPS) is 24.3. The van der Waals surface area contributed by atoms with Gasteiger partial charge in [-0.1, -0.05) is 18.2 Å². The van der Waals surface area contributed by atoms with Crippen LogP contribution in [0.5, 0.6) is 0 Å². The van der Waals surface area contributed by atoms with Crippen LogP contribution in [0.15, 0.2) is 35.5 Å². The van der Waals surface area contributed by atoms with E-state index in [1.165, 1.54) is 40.7 Å². The maximum atomic E-state index is 12.6. The highest BCUT2D eigenvalue weighted by molar-refractivity contribution is 5.98. The van der Waals surface area contributed by atoms with Crippen molar-refractivity contribution >= 4 is 16.7 Å². The summed E-state index contributed by atoms with van der Waals surface area (Å²) in [5, 5.41) is 1.34. The first kappa shape index (κ1) is 12.5. The molecule has 3 heteroatoms. The van der Waals surface area contributed by atoms with Gasteiger partial charge in [0.15, 0.2) is 5.78 Å². The van der Waals surface area contributed by atoms with Crippen molar-refractivity contribution in [1.82, 2.24) is 9.88 Å². The molecule has 1 aromatic carbocycles. The minimum Gasteiger partial charge on any atom is -0.365 e. The standard InChI is InChI=1S/C19H20N2O/c22-18-11-17-19-13(12-5-1-3-7-15(12)20-19)9-10-21(17)16-8-4-2-6-14(16)18/h1,3,5,7,17,20H,2,4,6,8-11H2/t17-/m1/s1. The molecule has 0 radical (unpaired) electrons. The van der Waals surface area contributed by atoms with E-state index in [0.717, 1.165) is 31.4 Å². The Morgan fingerprint density at radius 3 is 2.91 bits per heavy atom. The third-order valence-corrected chi connectivity index (χ3v) is 5.66. The Morgan fingerprint density at radius 1 is 1.09 bits per heavy atom. The molecule has 0 fully saturated rings. The lowest BCUT2D eigenvalue weighted by Crippen LogP contribution is -2.41. The van der Waals surface area contributed by atoms with Crippen LogP contribution in [-0.2, 0) is 11.2 Å². The van der Waals surface area contributed by atoms with E-state index in [2.05, 4.69) is 34.1 Å². The maximum absolute atomic E-state index is 12.6. The molecule has 5 rings (SSSR count). The molecule has 0 saturated heterocycles. The number of rotatable bonds is 0. The van der Waals surface area contributed by atoms with Crippen LogP contribution in [0.2, 0.25) is 0 Å². The number of Topliss-reactive ketones (excluding diaryl/α,β-unsaturated/α-hetero) is 1. The number of ketones is 1. The van der Waals surface area contributed by atoms with Gasteiger partial charge in [0.05, 0.1) is 6.04 Å². The van der Waals surface area contributed by atoms with Crippen molar-refractivity contribution < 1.29 is 4.79 Å². The van der Waals surface area contributed by atoms with Crippen molar-refractivity contribution in [1.29, 1.82) is 0 Å². The van der Waals surface area contributed by atoms with Gasteiger partial charge in [0.1, 0.15) is 0 Å². The van der Waals surface area contributed by atoms with E-state index in [1.54, 1.807) is 0 Å². The number of benzene rings is 1. The Hall–Kier alpha value is -2.03. The number of carbonyl (C=O) groups excluding carboxylic acids is 1. The highest BCUT2D eigenvalue weighted by Crippen LogP contribution is 2.45. The molecule has 3 aliphatic rings. The van der Waals surface area contributed by atoms with E-state index >= 15 is 0 Å². The first-order valence-electron chi connectivity index (χ1n) is 8.44. The molecule has 1 aromatic heterocycles. The van der Waals surface area contributed by atoms with Crippen LogP contribution >= 0.6 is 0 Å². The third-order valence-electron chi connectivity index (χ3n) is 5.66. The molecule has 0 unspecified atom stereocenters. The van der Waals surface area contributed by atoms with Crippen LogP contribution in [-0.4, -0.2) is 22.2 Å². The summed E-state index contributed by atoms with van der Waals surface area (Å²) in [7, 11) is 0. The number of para-hydroxylation sites is 1. The van der Waals surface area contributed by atoms with Crippen molar-refractivity contribution in [3.63, 3.8) is 0 Å². The molecule has 0 saturated carbocycles. The largest absolute Gasteiger partial charge is 0.365 e. The number of nitrogens with one attached hydrogen (secondary N) is 1. The zero-order valence-electron chi connectivity index (χ0n) is 12.7. The van der Waals surface area contributed by atoms with Crippen LogP contribution in [0.1, 0.15) is 49.4 Å². The van der Waals surface area contributed by atoms with Gasteiger partial charge in [-0.05, 0) is 43.7 Å². The lowest BCUT2D eigenvalue weighted by atomic mass is 9.82. The molecule has 2 aromatic rings. The SMILES string of the molecule is O=C1C[C@@H]2c3[nH]c4ccccc4c3CCN2C2=C1CCCC2. The number of H-pyrrole nitrogens is 1. The molecule has 2 aliphatic heterocycles. The molecule has 0 bridgehead atoms. The molecule has 112 valence electrons. The number of hydrogen-bond donors (Lipinski definition) is 1. The second-order valence-corrected chi connectivity index (χ2v) is 6.78. The molecule has 22 heavy (non-hydrogen) atoms. The summed E-state index contributed by atoms with van der Waals surface area (Å²) in [6.45, 7) is 1.06. The summed E-state index contributed by atoms with van der Waals surface area (Å²) in [6, 6.07) is 8.77. The van der Waals surface area contributed by atoms with Crippen LogP contribution in [0.25, 0.3) is 10.9 Å². The summed E-state index contributed by atoms with van der Waals surface area (Å²) in [6.07, 6.45) is 6.24. The van der Waals surface area contributed by atoms with Crippen molar-refractivity contribution in [3.8, 4) is 0 Å². The number of aromatic nitrogens is 1. The van der Waals surface area contributed by atoms with Gasteiger partial charge in [0, 0.05) is 40.8 Å². The smallest absolute Gasteiger partial charge is 0.163 e. The Morgan fingerprint density at radius 2 is 1.95 bits per heavy atom. The van der Waals surface area contributed by atoms with Crippen LogP contribution in [0, 0.1) is 0 Å². The second kappa shape index (κ2) is 4.48. The highest BCUT2D eigenvalue weighted by atomic mass is 16.1. The average molecular weight is 292 g/mol. The Kier molecular flexibility index (Phi) is 2.55. The van der Waals surface area contributed by atoms with Crippen molar-refractivity contribution in [2.45, 2.75) is 44.6 Å². The Bertz CT molecular complexity index is 814. The van der Waals surface area contributed by atoms with Gasteiger partial charge < -0.3 is 9.88 Å². The van der Waals surface area contributed by atoms with E-state index < -0.39 is 0 Å². The fourth-order valence-corrected chi connectivity index (χ4v) is 4.66. The fraction of sp³-hybridized carbons (Fsp3) is 0.421. The summed E-state index contributed by atoms with van der Waals surface area (Å²) in [5.74, 6) is 0.391. The van der Waals surface area contributed by atoms with Crippen molar-refractivity contribution in [2.75, 3.05) is 6.54 Å². The average Bonchev–Trinajstić information content (AvgIpc) is 2.94. The molecule has 1 aliphatic carbocycles. The Balaban J connectivity index is 1.67. The molecule has 3 heterocycles. The van der Waals surface area contributed by atoms with E-state index in [-0.39, 0.29) is 6.04 Å². The first-order chi connectivity index (χ1) is 10.8. The van der Waals surface area contributed by atoms with Crippen LogP contribution in [0.3, 0.4) is 0 Å². The van der Waals surface area contributed by atoms with E-state index in [9.17, 15) is 4.79 Å². The molecular weight excluding hydrogens is 272 g/mol. The summed E-state index contributed by atoms with van der Waals surface area (Å²) >= 11 is 0. The van der Waals surface area contributed by atoms with E-state index in [0.29, 0.717) is 12.2 Å². The van der Waals surface area contributed by atoms with Gasteiger partial charge in [0.25, 0.3) is 0 Å². The van der Waals surface area contributed by atoms with Crippen LogP contribution in [0.4, 0.5) is 0 Å². The number of hydrogen-bond acceptors (Lipinski definition) is 2. The number of allylic oxidation sites excluding steroid dienone is 2. The predicted octanol–water partition coefficient (Wildman–Crippen LogP) is 3.87. The lowest BCUT2D eigenvalue weighted by molar-refractivity contribution is -0.118. The topological polar surface area (TPSA) is 36.1 Å². The lowest BCUT2D eigenvalue weighted by Gasteiger charge is -2.44. The predicted molar refractivity (Wildman–Crippen MR) is 86.6 cm³/mol. The van der Waals surface area contributed by atoms with Crippen molar-refractivity contribution in [3.05, 3.63) is 46.8 Å². The molecule has 1 atom stereocenters. The third kappa shape index (κ3) is 1.59. The molecule has 0 spiro atoms. The zero-order valence-corrected chi connectivity index (χ0v) is 12.7. The maximum Gasteiger partial charge on any atom is 0.163 e. The molecule has 0 amide bonds. The molecular formula is C19H20N2O. The Labute approximate surface area is 130 Å². The second-order valence-electron chi connectivity index (χ2n) is 6.78. The van der Waals surface area contributed by atoms with Gasteiger partial charge >= 0.3 is 0 Å². The molecule has 1 N–H and O–H groups in total.